The van der Waals surface area contributed by atoms with E-state index in [0.29, 0.717) is 224 Å². The Hall–Kier alpha value is -10.4. The van der Waals surface area contributed by atoms with E-state index in [2.05, 4.69) is 105 Å². The summed E-state index contributed by atoms with van der Waals surface area (Å²) in [6.45, 7) is 34.1. The number of unbranched alkanes of at least 4 members (excludes halogenated alkanes) is 2. The number of carbonyl (C=O) groups is 5. The lowest BCUT2D eigenvalue weighted by Gasteiger charge is -2.31. The molecule has 0 unspecified atom stereocenters. The van der Waals surface area contributed by atoms with Crippen LogP contribution < -0.4 is 19.3 Å². The number of pyridine rings is 2. The zero-order valence-corrected chi connectivity index (χ0v) is 88.0. The van der Waals surface area contributed by atoms with Gasteiger partial charge < -0.3 is 105 Å². The third-order valence-corrected chi connectivity index (χ3v) is 22.6. The number of aromatic nitrogens is 5. The van der Waals surface area contributed by atoms with Crippen molar-refractivity contribution in [1.82, 2.24) is 34.8 Å². The van der Waals surface area contributed by atoms with Crippen molar-refractivity contribution in [3.63, 3.8) is 0 Å². The smallest absolute Gasteiger partial charge is 0.416 e. The van der Waals surface area contributed by atoms with Crippen molar-refractivity contribution in [3.05, 3.63) is 177 Å². The SMILES string of the molecule is COC(=O)C[C@H](CN(C)CCCCc1ccc2c(n1)N(C(=O)OC(C)(C)C)CCC2)c1cccc(-c2ccc(OCCOCCOCCOCCOCCN=[N+]=[N-])cc2)c1.COC(=O)C[C@H](CN(C)CCCCc1ccc2c(n1)N(C(=O)OC(C)(C)C)CCC2)c1cccc(-c2ccc(OCCOCCOCCOCCOCCn3cc(COCCOCCOCCOCCOCCC(=O)OC(C)(C)C)nn3)cc2)c1. The molecule has 37 nitrogen and oxygen atoms in total. The van der Waals surface area contributed by atoms with Crippen LogP contribution in [0, 0.1) is 0 Å². The molecule has 3 aromatic heterocycles. The Morgan fingerprint density at radius 1 is 0.414 bits per heavy atom. The Morgan fingerprint density at radius 2 is 0.786 bits per heavy atom. The van der Waals surface area contributed by atoms with Crippen molar-refractivity contribution < 1.29 is 119 Å². The van der Waals surface area contributed by atoms with Gasteiger partial charge in [0.05, 0.1) is 218 Å². The largest absolute Gasteiger partial charge is 0.491 e. The third kappa shape index (κ3) is 51.2. The summed E-state index contributed by atoms with van der Waals surface area (Å²) in [5.74, 6) is 2.10. The maximum absolute atomic E-state index is 13.0. The Kier molecular flexibility index (Phi) is 56.9. The minimum atomic E-state index is -0.574. The summed E-state index contributed by atoms with van der Waals surface area (Å²) < 4.78 is 112. The molecule has 2 amide bonds. The average Bonchev–Trinajstić information content (AvgIpc) is 1.63. The Labute approximate surface area is 857 Å². The molecule has 0 bridgehead atoms. The Balaban J connectivity index is 0.000000376. The molecule has 0 spiro atoms. The minimum Gasteiger partial charge on any atom is -0.491 e. The molecule has 4 aromatic carbocycles. The number of hydrogen-bond donors (Lipinski definition) is 0. The molecule has 2 aliphatic heterocycles. The average molecular weight is 2030 g/mol. The highest BCUT2D eigenvalue weighted by atomic mass is 16.6. The van der Waals surface area contributed by atoms with Crippen LogP contribution in [-0.2, 0) is 138 Å². The third-order valence-electron chi connectivity index (χ3n) is 22.6. The molecule has 37 heteroatoms. The number of rotatable bonds is 71. The maximum Gasteiger partial charge on any atom is 0.416 e. The van der Waals surface area contributed by atoms with Gasteiger partial charge in [-0.1, -0.05) is 95.3 Å². The monoisotopic (exact) mass is 2030 g/mol. The quantitative estimate of drug-likeness (QED) is 0.00853. The van der Waals surface area contributed by atoms with E-state index in [9.17, 15) is 24.0 Å². The van der Waals surface area contributed by atoms with Gasteiger partial charge in [0, 0.05) is 60.9 Å². The number of aryl methyl sites for hydroxylation is 4. The first-order valence-corrected chi connectivity index (χ1v) is 50.9. The Morgan fingerprint density at radius 3 is 1.17 bits per heavy atom. The van der Waals surface area contributed by atoms with E-state index < -0.39 is 16.8 Å². The molecule has 9 rings (SSSR count). The van der Waals surface area contributed by atoms with Gasteiger partial charge in [0.2, 0.25) is 0 Å². The number of methoxy groups -OCH3 is 2. The summed E-state index contributed by atoms with van der Waals surface area (Å²) in [5, 5.41) is 11.7. The molecule has 0 saturated heterocycles. The van der Waals surface area contributed by atoms with Gasteiger partial charge in [-0.25, -0.2) is 24.2 Å². The molecular weight excluding hydrogens is 1870 g/mol. The molecule has 7 aromatic rings. The van der Waals surface area contributed by atoms with Crippen LogP contribution in [0.3, 0.4) is 0 Å². The van der Waals surface area contributed by atoms with Crippen molar-refractivity contribution in [2.24, 2.45) is 5.11 Å². The lowest BCUT2D eigenvalue weighted by molar-refractivity contribution is -0.156. The molecule has 2 aliphatic rings. The van der Waals surface area contributed by atoms with Gasteiger partial charge in [0.25, 0.3) is 0 Å². The van der Waals surface area contributed by atoms with Crippen LogP contribution in [0.1, 0.15) is 171 Å². The molecule has 0 radical (unpaired) electrons. The maximum atomic E-state index is 13.0. The topological polar surface area (TPSA) is 388 Å². The van der Waals surface area contributed by atoms with Crippen molar-refractivity contribution in [3.8, 4) is 33.8 Å². The van der Waals surface area contributed by atoms with Crippen molar-refractivity contribution in [2.75, 3.05) is 262 Å². The highest BCUT2D eigenvalue weighted by molar-refractivity contribution is 5.89. The molecule has 5 heterocycles. The highest BCUT2D eigenvalue weighted by Crippen LogP contribution is 2.34. The predicted molar refractivity (Wildman–Crippen MR) is 551 cm³/mol. The number of benzene rings is 4. The molecule has 0 N–H and O–H groups in total. The number of nitrogens with zero attached hydrogens (tertiary/aromatic N) is 12. The van der Waals surface area contributed by atoms with Gasteiger partial charge in [0.1, 0.15) is 58.8 Å². The van der Waals surface area contributed by atoms with E-state index in [1.165, 1.54) is 14.2 Å². The summed E-state index contributed by atoms with van der Waals surface area (Å²) in [5.41, 5.74) is 17.8. The number of fused-ring (bicyclic) bond motifs is 2. The first-order valence-electron chi connectivity index (χ1n) is 50.9. The summed E-state index contributed by atoms with van der Waals surface area (Å²) in [4.78, 5) is 83.2. The number of amides is 2. The number of hydrogen-bond acceptors (Lipinski definition) is 32. The second kappa shape index (κ2) is 68.9. The van der Waals surface area contributed by atoms with Gasteiger partial charge >= 0.3 is 30.1 Å². The van der Waals surface area contributed by atoms with Gasteiger partial charge in [-0.15, -0.1) is 5.10 Å². The predicted octanol–water partition coefficient (Wildman–Crippen LogP) is 15.9. The number of ether oxygens (including phenoxy) is 20. The lowest BCUT2D eigenvalue weighted by atomic mass is 9.92. The minimum absolute atomic E-state index is 0.0434. The fourth-order valence-corrected chi connectivity index (χ4v) is 15.5. The number of likely N-dealkylation sites (N-methyl/N-ethyl adjacent to an activating group) is 2. The molecule has 0 aliphatic carbocycles. The highest BCUT2D eigenvalue weighted by Gasteiger charge is 2.32. The van der Waals surface area contributed by atoms with Crippen LogP contribution >= 0.6 is 0 Å². The summed E-state index contributed by atoms with van der Waals surface area (Å²) >= 11 is 0. The van der Waals surface area contributed by atoms with E-state index in [4.69, 9.17) is 110 Å². The van der Waals surface area contributed by atoms with Gasteiger partial charge in [-0.2, -0.15) is 0 Å². The fraction of sp³-hybridized carbons (Fsp3) is 0.620. The second-order valence-electron chi connectivity index (χ2n) is 38.1. The van der Waals surface area contributed by atoms with Crippen LogP contribution in [0.25, 0.3) is 32.7 Å². The van der Waals surface area contributed by atoms with Crippen LogP contribution in [0.2, 0.25) is 0 Å². The van der Waals surface area contributed by atoms with Crippen LogP contribution in [-0.4, -0.2) is 334 Å². The van der Waals surface area contributed by atoms with E-state index >= 15 is 0 Å². The number of azide groups is 1. The van der Waals surface area contributed by atoms with Crippen LogP contribution in [0.5, 0.6) is 11.5 Å². The van der Waals surface area contributed by atoms with Crippen molar-refractivity contribution >= 4 is 41.7 Å². The first kappa shape index (κ1) is 120. The van der Waals surface area contributed by atoms with Crippen LogP contribution in [0.4, 0.5) is 21.2 Å². The molecule has 802 valence electrons. The van der Waals surface area contributed by atoms with Crippen molar-refractivity contribution in [2.45, 2.75) is 188 Å². The normalized spacial score (nSPS) is 13.0. The zero-order chi connectivity index (χ0) is 104. The standard InChI is InChI=1S/C63H96N6O16.C45H64N6O9/c1-62(2,3)84-58(70)23-27-74-29-31-76-33-35-78-37-38-80-41-42-82-49-56-48-68(66-65-56)26-28-75-30-32-77-34-36-79-39-40-81-43-44-83-57-21-18-50(19-22-57)52-13-11-14-53(45-52)54(46-59(71)73-8)47-67(7)24-10-9-16-55-20-17-51-15-12-25-69(60(51)64-55)61(72)85-63(4,5)6;1-45(2,3)60-44(53)51-22-9-12-36-14-17-40(48-43(36)51)13-6-7-21-50(4)34-39(33-42(52)54-5)38-11-8-10-37(32-38)35-15-18-41(19-16-35)59-31-30-58-29-28-57-27-26-56-25-24-55-23-20-47-49-46/h11,13-14,17-22,45,48,54H,9-10,12,15-16,23-44,46-47,49H2,1-8H3;8,10-11,14-19,32,39H,6-7,9,12-13,20-31,33-34H2,1-5H3/t54-;39-/m11/s1. The summed E-state index contributed by atoms with van der Waals surface area (Å²) in [6.07, 6.45) is 10.9. The van der Waals surface area contributed by atoms with Gasteiger partial charge in [0.15, 0.2) is 0 Å². The van der Waals surface area contributed by atoms with E-state index in [1.807, 2.05) is 129 Å². The first-order chi connectivity index (χ1) is 70.1. The van der Waals surface area contributed by atoms with Crippen LogP contribution in [0.15, 0.2) is 133 Å². The van der Waals surface area contributed by atoms with E-state index in [0.717, 1.165) is 162 Å². The second-order valence-corrected chi connectivity index (χ2v) is 38.1. The molecule has 0 saturated carbocycles. The summed E-state index contributed by atoms with van der Waals surface area (Å²) in [6, 6.07) is 41.1. The number of anilines is 2. The molecule has 2 atom stereocenters. The van der Waals surface area contributed by atoms with E-state index in [-0.39, 0.29) is 61.2 Å². The lowest BCUT2D eigenvalue weighted by Crippen LogP contribution is -2.40. The van der Waals surface area contributed by atoms with Crippen molar-refractivity contribution in [1.29, 1.82) is 0 Å². The summed E-state index contributed by atoms with van der Waals surface area (Å²) in [7, 11) is 7.06. The number of esters is 3. The molecule has 0 fully saturated rings. The Bertz CT molecular complexity index is 4860. The molecule has 145 heavy (non-hydrogen) atoms. The molecular formula is C108H160N12O25. The fourth-order valence-electron chi connectivity index (χ4n) is 15.5. The number of carbonyl (C=O) groups excluding carboxylic acids is 5. The van der Waals surface area contributed by atoms with E-state index in [1.54, 1.807) is 14.5 Å². The zero-order valence-electron chi connectivity index (χ0n) is 88.0. The van der Waals surface area contributed by atoms with Gasteiger partial charge in [-0.3, -0.25) is 24.2 Å². The van der Waals surface area contributed by atoms with Gasteiger partial charge in [-0.05, 0) is 240 Å².